The van der Waals surface area contributed by atoms with Crippen LogP contribution in [0, 0.1) is 0 Å². The summed E-state index contributed by atoms with van der Waals surface area (Å²) in [6.07, 6.45) is 5.13. The molecule has 0 spiro atoms. The summed E-state index contributed by atoms with van der Waals surface area (Å²) in [5.74, 6) is 0.0599. The molecule has 0 atom stereocenters. The summed E-state index contributed by atoms with van der Waals surface area (Å²) < 4.78 is 38.2. The van der Waals surface area contributed by atoms with Crippen molar-refractivity contribution in [3.8, 4) is 17.2 Å². The maximum Gasteiger partial charge on any atom is 1.00 e. The van der Waals surface area contributed by atoms with Gasteiger partial charge in [-0.15, -0.1) is 0 Å². The first kappa shape index (κ1) is 23.0. The monoisotopic (exact) mass is 386 g/mol. The zero-order chi connectivity index (χ0) is 18.3. The van der Waals surface area contributed by atoms with Crippen molar-refractivity contribution in [1.82, 2.24) is 0 Å². The Labute approximate surface area is 177 Å². The van der Waals surface area contributed by atoms with Gasteiger partial charge in [0.2, 0.25) is 0 Å². The maximum atomic E-state index is 12.7. The van der Waals surface area contributed by atoms with Gasteiger partial charge in [-0.25, -0.2) is 0 Å². The van der Waals surface area contributed by atoms with Crippen LogP contribution in [0.1, 0.15) is 44.6 Å². The summed E-state index contributed by atoms with van der Waals surface area (Å²) in [6, 6.07) is 11.3. The van der Waals surface area contributed by atoms with E-state index in [1.807, 2.05) is 6.07 Å². The van der Waals surface area contributed by atoms with E-state index in [0.717, 1.165) is 25.7 Å². The van der Waals surface area contributed by atoms with E-state index in [9.17, 15) is 18.1 Å². The Balaban J connectivity index is 0.00000338. The summed E-state index contributed by atoms with van der Waals surface area (Å²) in [5.41, 5.74) is 0.0902. The van der Waals surface area contributed by atoms with Crippen LogP contribution in [0.15, 0.2) is 47.4 Å². The Kier molecular flexibility index (Phi) is 9.68. The van der Waals surface area contributed by atoms with Crippen molar-refractivity contribution in [2.24, 2.45) is 0 Å². The fourth-order valence-corrected chi connectivity index (χ4v) is 3.41. The Hall–Kier alpha value is -1.05. The molecule has 7 heteroatoms. The molecule has 136 valence electrons. The maximum absolute atomic E-state index is 12.7. The van der Waals surface area contributed by atoms with Crippen molar-refractivity contribution in [2.75, 3.05) is 0 Å². The van der Waals surface area contributed by atoms with E-state index in [4.69, 9.17) is 4.74 Å². The smallest absolute Gasteiger partial charge is 0.870 e. The molecule has 1 N–H and O–H groups in total. The van der Waals surface area contributed by atoms with Crippen LogP contribution in [0.4, 0.5) is 0 Å². The minimum absolute atomic E-state index is 0. The first-order valence-electron chi connectivity index (χ1n) is 8.46. The van der Waals surface area contributed by atoms with E-state index in [2.05, 4.69) is 6.92 Å². The quantitative estimate of drug-likeness (QED) is 0.399. The van der Waals surface area contributed by atoms with Crippen molar-refractivity contribution in [1.29, 1.82) is 0 Å². The minimum Gasteiger partial charge on any atom is -0.870 e. The van der Waals surface area contributed by atoms with Gasteiger partial charge in [-0.3, -0.25) is 4.55 Å². The van der Waals surface area contributed by atoms with E-state index in [-0.39, 0.29) is 45.8 Å². The van der Waals surface area contributed by atoms with Crippen molar-refractivity contribution < 1.29 is 52.4 Å². The summed E-state index contributed by atoms with van der Waals surface area (Å²) in [7, 11) is -4.45. The normalized spacial score (nSPS) is 11.0. The average molecular weight is 386 g/mol. The largest absolute Gasteiger partial charge is 1.00 e. The second kappa shape index (κ2) is 10.9. The van der Waals surface area contributed by atoms with Crippen LogP contribution in [0.25, 0.3) is 0 Å². The van der Waals surface area contributed by atoms with Crippen LogP contribution in [-0.4, -0.2) is 13.0 Å². The predicted octanol–water partition coefficient (Wildman–Crippen LogP) is 1.32. The zero-order valence-electron chi connectivity index (χ0n) is 15.3. The molecule has 0 saturated heterocycles. The zero-order valence-corrected chi connectivity index (χ0v) is 18.1. The number of rotatable bonds is 9. The van der Waals surface area contributed by atoms with Crippen molar-refractivity contribution in [3.63, 3.8) is 0 Å². The molecule has 0 bridgehead atoms. The molecular formula is C19H23NaO5S. The Morgan fingerprint density at radius 3 is 2.27 bits per heavy atom. The van der Waals surface area contributed by atoms with Gasteiger partial charge in [0.15, 0.2) is 0 Å². The fraction of sp³-hybridized carbons (Fsp3) is 0.368. The predicted molar refractivity (Wildman–Crippen MR) is 94.7 cm³/mol. The Morgan fingerprint density at radius 2 is 1.65 bits per heavy atom. The molecule has 0 saturated carbocycles. The summed E-state index contributed by atoms with van der Waals surface area (Å²) in [5, 5.41) is 12.7. The molecule has 2 rings (SSSR count). The van der Waals surface area contributed by atoms with Gasteiger partial charge in [0, 0.05) is 0 Å². The van der Waals surface area contributed by atoms with E-state index < -0.39 is 15.9 Å². The molecule has 5 nitrogen and oxygen atoms in total. The second-order valence-electron chi connectivity index (χ2n) is 5.92. The number of hydrogen-bond acceptors (Lipinski definition) is 4. The Morgan fingerprint density at radius 1 is 1.00 bits per heavy atom. The van der Waals surface area contributed by atoms with E-state index in [1.54, 1.807) is 24.3 Å². The second-order valence-corrected chi connectivity index (χ2v) is 7.31. The minimum atomic E-state index is -4.45. The third-order valence-corrected chi connectivity index (χ3v) is 4.90. The number of ether oxygens (including phenoxy) is 1. The molecule has 0 aromatic heterocycles. The number of para-hydroxylation sites is 1. The van der Waals surface area contributed by atoms with E-state index >= 15 is 0 Å². The van der Waals surface area contributed by atoms with Gasteiger partial charge < -0.3 is 9.84 Å². The Bertz CT molecular complexity index is 791. The molecule has 0 heterocycles. The van der Waals surface area contributed by atoms with Crippen LogP contribution in [-0.2, 0) is 16.5 Å². The standard InChI is InChI=1S/C19H24O5S.Na/c1-2-3-4-5-9-12-16-18(25(21,22)23)14-13-17(19(16)20)24-15-10-7-6-8-11-15;/h6-8,10-11,13-14,20H,2-5,9,12H2,1H3,(H,21,22,23);/q;+1/p-1. The molecule has 26 heavy (non-hydrogen) atoms. The van der Waals surface area contributed by atoms with Crippen LogP contribution in [0.2, 0.25) is 0 Å². The first-order valence-corrected chi connectivity index (χ1v) is 9.90. The average Bonchev–Trinajstić information content (AvgIpc) is 2.57. The topological polar surface area (TPSA) is 86.7 Å². The number of unbranched alkanes of at least 4 members (excludes halogenated alkanes) is 4. The third kappa shape index (κ3) is 6.59. The van der Waals surface area contributed by atoms with Gasteiger partial charge in [0.1, 0.15) is 11.5 Å². The molecule has 2 aromatic rings. The molecule has 2 aromatic carbocycles. The van der Waals surface area contributed by atoms with Crippen molar-refractivity contribution in [2.45, 2.75) is 50.3 Å². The molecule has 0 aliphatic heterocycles. The van der Waals surface area contributed by atoms with Crippen LogP contribution < -0.4 is 39.4 Å². The van der Waals surface area contributed by atoms with Gasteiger partial charge in [-0.1, -0.05) is 56.6 Å². The van der Waals surface area contributed by atoms with Gasteiger partial charge in [0.25, 0.3) is 10.1 Å². The first-order chi connectivity index (χ1) is 11.9. The molecule has 0 aliphatic rings. The summed E-state index contributed by atoms with van der Waals surface area (Å²) in [4.78, 5) is -0.326. The number of benzene rings is 2. The number of hydrogen-bond donors (Lipinski definition) is 1. The molecule has 0 unspecified atom stereocenters. The van der Waals surface area contributed by atoms with E-state index in [0.29, 0.717) is 18.6 Å². The molecular weight excluding hydrogens is 363 g/mol. The van der Waals surface area contributed by atoms with Gasteiger partial charge in [-0.05, 0) is 42.7 Å². The molecule has 0 radical (unpaired) electrons. The van der Waals surface area contributed by atoms with Gasteiger partial charge >= 0.3 is 29.6 Å². The van der Waals surface area contributed by atoms with Gasteiger partial charge in [-0.2, -0.15) is 8.42 Å². The SMILES string of the molecule is CCCCCCCc1c(S(=O)(=O)O)ccc(Oc2ccccc2)c1[O-].[Na+]. The summed E-state index contributed by atoms with van der Waals surface area (Å²) in [6.45, 7) is 2.11. The van der Waals surface area contributed by atoms with Crippen molar-refractivity contribution in [3.05, 3.63) is 48.0 Å². The van der Waals surface area contributed by atoms with Crippen LogP contribution in [0.5, 0.6) is 17.2 Å². The summed E-state index contributed by atoms with van der Waals surface area (Å²) >= 11 is 0. The van der Waals surface area contributed by atoms with E-state index in [1.165, 1.54) is 12.1 Å². The molecule has 0 amide bonds. The fourth-order valence-electron chi connectivity index (χ4n) is 2.67. The molecule has 0 fully saturated rings. The van der Waals surface area contributed by atoms with Crippen LogP contribution in [0.3, 0.4) is 0 Å². The van der Waals surface area contributed by atoms with Gasteiger partial charge in [0.05, 0.1) is 4.90 Å². The van der Waals surface area contributed by atoms with Crippen molar-refractivity contribution >= 4 is 10.1 Å². The van der Waals surface area contributed by atoms with Crippen LogP contribution >= 0.6 is 0 Å². The third-order valence-electron chi connectivity index (χ3n) is 3.96. The molecule has 0 aliphatic carbocycles.